The van der Waals surface area contributed by atoms with Gasteiger partial charge in [0.25, 0.3) is 0 Å². The molecule has 2 aliphatic rings. The standard InChI is InChI=1S/C23H32ClN3O2/c24-18-6-7-22-20(14-18)21(16-26-22)19(17-4-2-1-3-5-17)15-23(28)25-8-9-27-10-12-29-13-11-27/h6-7,14,16-17,19,26H,1-5,8-13,15H2,(H,25,28). The van der Waals surface area contributed by atoms with Crippen molar-refractivity contribution < 1.29 is 9.53 Å². The van der Waals surface area contributed by atoms with Gasteiger partial charge in [0.05, 0.1) is 13.2 Å². The fourth-order valence-electron chi connectivity index (χ4n) is 4.94. The molecule has 1 amide bonds. The minimum absolute atomic E-state index is 0.158. The van der Waals surface area contributed by atoms with E-state index in [1.807, 2.05) is 18.2 Å². The van der Waals surface area contributed by atoms with Gasteiger partial charge in [-0.1, -0.05) is 30.9 Å². The molecule has 6 heteroatoms. The number of H-pyrrole nitrogens is 1. The molecule has 4 rings (SSSR count). The summed E-state index contributed by atoms with van der Waals surface area (Å²) in [6, 6.07) is 5.98. The molecule has 2 aromatic rings. The van der Waals surface area contributed by atoms with Gasteiger partial charge in [0, 0.05) is 54.7 Å². The summed E-state index contributed by atoms with van der Waals surface area (Å²) in [7, 11) is 0. The van der Waals surface area contributed by atoms with E-state index in [0.717, 1.165) is 48.8 Å². The maximum absolute atomic E-state index is 12.8. The van der Waals surface area contributed by atoms with Crippen LogP contribution in [0.25, 0.3) is 10.9 Å². The number of morpholine rings is 1. The Labute approximate surface area is 178 Å². The monoisotopic (exact) mass is 417 g/mol. The van der Waals surface area contributed by atoms with E-state index in [9.17, 15) is 4.79 Å². The number of carbonyl (C=O) groups is 1. The van der Waals surface area contributed by atoms with Gasteiger partial charge in [0.2, 0.25) is 5.91 Å². The van der Waals surface area contributed by atoms with E-state index in [1.165, 1.54) is 37.7 Å². The molecule has 1 saturated carbocycles. The van der Waals surface area contributed by atoms with Crippen LogP contribution in [0.1, 0.15) is 50.0 Å². The van der Waals surface area contributed by atoms with Crippen LogP contribution in [0.2, 0.25) is 5.02 Å². The lowest BCUT2D eigenvalue weighted by Gasteiger charge is -2.30. The van der Waals surface area contributed by atoms with Crippen LogP contribution in [0.15, 0.2) is 24.4 Å². The molecular formula is C23H32ClN3O2. The number of hydrogen-bond donors (Lipinski definition) is 2. The first-order valence-electron chi connectivity index (χ1n) is 11.0. The van der Waals surface area contributed by atoms with E-state index in [2.05, 4.69) is 21.4 Å². The highest BCUT2D eigenvalue weighted by atomic mass is 35.5. The van der Waals surface area contributed by atoms with Crippen molar-refractivity contribution in [2.45, 2.75) is 44.4 Å². The van der Waals surface area contributed by atoms with Crippen molar-refractivity contribution in [3.8, 4) is 0 Å². The molecule has 0 radical (unpaired) electrons. The Morgan fingerprint density at radius 3 is 2.83 bits per heavy atom. The fourth-order valence-corrected chi connectivity index (χ4v) is 5.11. The number of aromatic amines is 1. The van der Waals surface area contributed by atoms with Gasteiger partial charge in [0.15, 0.2) is 0 Å². The van der Waals surface area contributed by atoms with Crippen molar-refractivity contribution in [3.63, 3.8) is 0 Å². The van der Waals surface area contributed by atoms with Crippen molar-refractivity contribution in [1.29, 1.82) is 0 Å². The Kier molecular flexibility index (Phi) is 7.11. The Morgan fingerprint density at radius 1 is 1.24 bits per heavy atom. The topological polar surface area (TPSA) is 57.4 Å². The van der Waals surface area contributed by atoms with Crippen LogP contribution >= 0.6 is 11.6 Å². The first-order chi connectivity index (χ1) is 14.2. The van der Waals surface area contributed by atoms with Crippen molar-refractivity contribution in [2.75, 3.05) is 39.4 Å². The molecule has 2 heterocycles. The number of ether oxygens (including phenoxy) is 1. The second-order valence-electron chi connectivity index (χ2n) is 8.45. The van der Waals surface area contributed by atoms with E-state index < -0.39 is 0 Å². The first-order valence-corrected chi connectivity index (χ1v) is 11.4. The molecule has 1 aliphatic carbocycles. The average Bonchev–Trinajstić information content (AvgIpc) is 3.16. The quantitative estimate of drug-likeness (QED) is 0.705. The van der Waals surface area contributed by atoms with E-state index >= 15 is 0 Å². The zero-order valence-electron chi connectivity index (χ0n) is 17.1. The van der Waals surface area contributed by atoms with Crippen LogP contribution in [-0.2, 0) is 9.53 Å². The summed E-state index contributed by atoms with van der Waals surface area (Å²) in [4.78, 5) is 18.6. The van der Waals surface area contributed by atoms with Crippen molar-refractivity contribution >= 4 is 28.4 Å². The van der Waals surface area contributed by atoms with Gasteiger partial charge in [-0.2, -0.15) is 0 Å². The SMILES string of the molecule is O=C(CC(c1c[nH]c2ccc(Cl)cc12)C1CCCCC1)NCCN1CCOCC1. The Balaban J connectivity index is 1.44. The summed E-state index contributed by atoms with van der Waals surface area (Å²) in [6.07, 6.45) is 8.91. The van der Waals surface area contributed by atoms with Crippen LogP contribution in [0.4, 0.5) is 0 Å². The van der Waals surface area contributed by atoms with Crippen LogP contribution in [0.5, 0.6) is 0 Å². The zero-order chi connectivity index (χ0) is 20.1. The third-order valence-electron chi connectivity index (χ3n) is 6.55. The Morgan fingerprint density at radius 2 is 2.03 bits per heavy atom. The molecule has 158 valence electrons. The third-order valence-corrected chi connectivity index (χ3v) is 6.79. The van der Waals surface area contributed by atoms with Gasteiger partial charge in [-0.15, -0.1) is 0 Å². The lowest BCUT2D eigenvalue weighted by molar-refractivity contribution is -0.121. The molecule has 2 fully saturated rings. The Bertz CT molecular complexity index is 810. The molecule has 0 bridgehead atoms. The summed E-state index contributed by atoms with van der Waals surface area (Å²) < 4.78 is 5.39. The summed E-state index contributed by atoms with van der Waals surface area (Å²) in [5, 5.41) is 5.07. The number of nitrogens with zero attached hydrogens (tertiary/aromatic N) is 1. The highest BCUT2D eigenvalue weighted by Crippen LogP contribution is 2.41. The number of nitrogens with one attached hydrogen (secondary N) is 2. The highest BCUT2D eigenvalue weighted by Gasteiger charge is 2.29. The number of benzene rings is 1. The molecule has 1 saturated heterocycles. The number of hydrogen-bond acceptors (Lipinski definition) is 3. The molecule has 1 aromatic heterocycles. The summed E-state index contributed by atoms with van der Waals surface area (Å²) in [5.41, 5.74) is 2.34. The molecule has 2 N–H and O–H groups in total. The summed E-state index contributed by atoms with van der Waals surface area (Å²) in [6.45, 7) is 5.09. The molecule has 1 aliphatic heterocycles. The van der Waals surface area contributed by atoms with Gasteiger partial charge >= 0.3 is 0 Å². The minimum Gasteiger partial charge on any atom is -0.379 e. The number of halogens is 1. The van der Waals surface area contributed by atoms with Gasteiger partial charge < -0.3 is 15.0 Å². The Hall–Kier alpha value is -1.56. The largest absolute Gasteiger partial charge is 0.379 e. The van der Waals surface area contributed by atoms with Crippen molar-refractivity contribution in [1.82, 2.24) is 15.2 Å². The van der Waals surface area contributed by atoms with Crippen LogP contribution < -0.4 is 5.32 Å². The average molecular weight is 418 g/mol. The molecule has 1 atom stereocenters. The number of aromatic nitrogens is 1. The first kappa shape index (κ1) is 20.7. The predicted molar refractivity (Wildman–Crippen MR) is 118 cm³/mol. The van der Waals surface area contributed by atoms with Gasteiger partial charge in [-0.25, -0.2) is 0 Å². The predicted octanol–water partition coefficient (Wildman–Crippen LogP) is 4.32. The zero-order valence-corrected chi connectivity index (χ0v) is 17.8. The van der Waals surface area contributed by atoms with Crippen LogP contribution in [0.3, 0.4) is 0 Å². The lowest BCUT2D eigenvalue weighted by atomic mass is 9.75. The molecule has 29 heavy (non-hydrogen) atoms. The van der Waals surface area contributed by atoms with Crippen molar-refractivity contribution in [3.05, 3.63) is 35.0 Å². The maximum Gasteiger partial charge on any atom is 0.220 e. The molecular weight excluding hydrogens is 386 g/mol. The second kappa shape index (κ2) is 9.96. The highest BCUT2D eigenvalue weighted by molar-refractivity contribution is 6.31. The van der Waals surface area contributed by atoms with Gasteiger partial charge in [0.1, 0.15) is 0 Å². The lowest BCUT2D eigenvalue weighted by Crippen LogP contribution is -2.41. The molecule has 0 spiro atoms. The third kappa shape index (κ3) is 5.33. The smallest absolute Gasteiger partial charge is 0.220 e. The van der Waals surface area contributed by atoms with Crippen LogP contribution in [-0.4, -0.2) is 55.2 Å². The molecule has 1 unspecified atom stereocenters. The maximum atomic E-state index is 12.8. The number of rotatable bonds is 7. The minimum atomic E-state index is 0.158. The van der Waals surface area contributed by atoms with Gasteiger partial charge in [-0.05, 0) is 48.4 Å². The van der Waals surface area contributed by atoms with E-state index in [1.54, 1.807) is 0 Å². The van der Waals surface area contributed by atoms with Gasteiger partial charge in [-0.3, -0.25) is 9.69 Å². The fraction of sp³-hybridized carbons (Fsp3) is 0.609. The molecule has 1 aromatic carbocycles. The normalized spacial score (nSPS) is 20.0. The van der Waals surface area contributed by atoms with E-state index in [4.69, 9.17) is 16.3 Å². The number of carbonyl (C=O) groups excluding carboxylic acids is 1. The van der Waals surface area contributed by atoms with Crippen molar-refractivity contribution in [2.24, 2.45) is 5.92 Å². The summed E-state index contributed by atoms with van der Waals surface area (Å²) in [5.74, 6) is 0.961. The van der Waals surface area contributed by atoms with E-state index in [0.29, 0.717) is 18.9 Å². The van der Waals surface area contributed by atoms with E-state index in [-0.39, 0.29) is 11.8 Å². The molecule has 5 nitrogen and oxygen atoms in total. The number of fused-ring (bicyclic) bond motifs is 1. The number of amides is 1. The van der Waals surface area contributed by atoms with Crippen LogP contribution in [0, 0.1) is 5.92 Å². The second-order valence-corrected chi connectivity index (χ2v) is 8.88. The summed E-state index contributed by atoms with van der Waals surface area (Å²) >= 11 is 6.28.